The molecule has 0 fully saturated rings. The molecule has 0 unspecified atom stereocenters. The third kappa shape index (κ3) is 3.78. The SMILES string of the molecule is O=c1[nH]nc(CCc2cccc(OC(F)F)c2)cc1O. The average molecular weight is 282 g/mol. The number of halogens is 2. The van der Waals surface area contributed by atoms with Gasteiger partial charge in [-0.2, -0.15) is 13.9 Å². The molecule has 0 saturated carbocycles. The van der Waals surface area contributed by atoms with Gasteiger partial charge in [-0.05, 0) is 30.5 Å². The van der Waals surface area contributed by atoms with Gasteiger partial charge in [-0.1, -0.05) is 12.1 Å². The predicted octanol–water partition coefficient (Wildman–Crippen LogP) is 1.86. The molecule has 0 bridgehead atoms. The van der Waals surface area contributed by atoms with Crippen LogP contribution in [-0.4, -0.2) is 21.9 Å². The molecule has 7 heteroatoms. The molecular weight excluding hydrogens is 270 g/mol. The molecule has 0 radical (unpaired) electrons. The number of hydrogen-bond donors (Lipinski definition) is 2. The largest absolute Gasteiger partial charge is 0.503 e. The fraction of sp³-hybridized carbons (Fsp3) is 0.231. The van der Waals surface area contributed by atoms with Crippen LogP contribution in [0.2, 0.25) is 0 Å². The highest BCUT2D eigenvalue weighted by atomic mass is 19.3. The van der Waals surface area contributed by atoms with E-state index >= 15 is 0 Å². The number of aryl methyl sites for hydroxylation is 2. The van der Waals surface area contributed by atoms with E-state index in [0.717, 1.165) is 5.56 Å². The second-order valence-electron chi connectivity index (χ2n) is 4.10. The molecule has 1 heterocycles. The Morgan fingerprint density at radius 1 is 1.30 bits per heavy atom. The Hall–Kier alpha value is -2.44. The molecule has 0 aliphatic rings. The highest BCUT2D eigenvalue weighted by molar-refractivity contribution is 5.29. The van der Waals surface area contributed by atoms with Gasteiger partial charge in [0.1, 0.15) is 5.75 Å². The van der Waals surface area contributed by atoms with Gasteiger partial charge in [-0.15, -0.1) is 0 Å². The minimum absolute atomic E-state index is 0.0924. The summed E-state index contributed by atoms with van der Waals surface area (Å²) in [6.45, 7) is -2.86. The zero-order chi connectivity index (χ0) is 14.5. The lowest BCUT2D eigenvalue weighted by atomic mass is 10.1. The van der Waals surface area contributed by atoms with Crippen LogP contribution in [0.1, 0.15) is 11.3 Å². The van der Waals surface area contributed by atoms with E-state index < -0.39 is 17.9 Å². The van der Waals surface area contributed by atoms with E-state index in [2.05, 4.69) is 14.9 Å². The molecule has 0 amide bonds. The molecule has 106 valence electrons. The second-order valence-corrected chi connectivity index (χ2v) is 4.10. The number of benzene rings is 1. The third-order valence-electron chi connectivity index (χ3n) is 2.63. The molecule has 0 atom stereocenters. The third-order valence-corrected chi connectivity index (χ3v) is 2.63. The maximum Gasteiger partial charge on any atom is 0.387 e. The molecule has 2 aromatic rings. The van der Waals surface area contributed by atoms with E-state index in [-0.39, 0.29) is 5.75 Å². The van der Waals surface area contributed by atoms with E-state index in [1.54, 1.807) is 12.1 Å². The summed E-state index contributed by atoms with van der Waals surface area (Å²) in [5.41, 5.74) is 0.638. The number of alkyl halides is 2. The minimum atomic E-state index is -2.86. The molecule has 2 N–H and O–H groups in total. The second kappa shape index (κ2) is 6.14. The number of aromatic nitrogens is 2. The van der Waals surface area contributed by atoms with Gasteiger partial charge in [0.05, 0.1) is 5.69 Å². The first-order chi connectivity index (χ1) is 9.54. The number of nitrogens with zero attached hydrogens (tertiary/aromatic N) is 1. The molecule has 0 spiro atoms. The maximum atomic E-state index is 12.1. The lowest BCUT2D eigenvalue weighted by molar-refractivity contribution is -0.0498. The van der Waals surface area contributed by atoms with Crippen LogP contribution in [0.25, 0.3) is 0 Å². The van der Waals surface area contributed by atoms with Crippen molar-refractivity contribution in [3.63, 3.8) is 0 Å². The lowest BCUT2D eigenvalue weighted by Gasteiger charge is -2.06. The summed E-state index contributed by atoms with van der Waals surface area (Å²) >= 11 is 0. The highest BCUT2D eigenvalue weighted by Gasteiger charge is 2.06. The first kappa shape index (κ1) is 14.0. The summed E-state index contributed by atoms with van der Waals surface area (Å²) in [5.74, 6) is -0.306. The number of ether oxygens (including phenoxy) is 1. The number of aromatic amines is 1. The Morgan fingerprint density at radius 3 is 2.80 bits per heavy atom. The number of nitrogens with one attached hydrogen (secondary N) is 1. The van der Waals surface area contributed by atoms with Crippen molar-refractivity contribution < 1.29 is 18.6 Å². The quantitative estimate of drug-likeness (QED) is 0.877. The van der Waals surface area contributed by atoms with Crippen LogP contribution in [0.5, 0.6) is 11.5 Å². The monoisotopic (exact) mass is 282 g/mol. The Labute approximate surface area is 112 Å². The standard InChI is InChI=1S/C13H12F2N2O3/c14-13(15)20-10-3-1-2-8(6-10)4-5-9-7-11(18)12(19)17-16-9/h1-3,6-7,13H,4-5H2,(H,16,18)(H,17,19). The van der Waals surface area contributed by atoms with Gasteiger partial charge in [0.25, 0.3) is 0 Å². The topological polar surface area (TPSA) is 75.2 Å². The van der Waals surface area contributed by atoms with Gasteiger partial charge >= 0.3 is 12.2 Å². The molecule has 0 aliphatic carbocycles. The first-order valence-electron chi connectivity index (χ1n) is 5.86. The van der Waals surface area contributed by atoms with Crippen molar-refractivity contribution in [1.82, 2.24) is 10.2 Å². The van der Waals surface area contributed by atoms with Gasteiger partial charge in [-0.3, -0.25) is 4.79 Å². The smallest absolute Gasteiger partial charge is 0.387 e. The van der Waals surface area contributed by atoms with Crippen molar-refractivity contribution >= 4 is 0 Å². The summed E-state index contributed by atoms with van der Waals surface area (Å²) in [6.07, 6.45) is 0.960. The summed E-state index contributed by atoms with van der Waals surface area (Å²) in [7, 11) is 0. The first-order valence-corrected chi connectivity index (χ1v) is 5.86. The normalized spacial score (nSPS) is 10.8. The Kier molecular flexibility index (Phi) is 4.29. The Bertz CT molecular complexity index is 644. The van der Waals surface area contributed by atoms with E-state index in [1.165, 1.54) is 18.2 Å². The van der Waals surface area contributed by atoms with Gasteiger partial charge in [0, 0.05) is 6.07 Å². The molecule has 5 nitrogen and oxygen atoms in total. The van der Waals surface area contributed by atoms with E-state index in [9.17, 15) is 18.7 Å². The molecular formula is C13H12F2N2O3. The minimum Gasteiger partial charge on any atom is -0.503 e. The van der Waals surface area contributed by atoms with E-state index in [1.807, 2.05) is 0 Å². The van der Waals surface area contributed by atoms with Crippen molar-refractivity contribution in [2.45, 2.75) is 19.5 Å². The summed E-state index contributed by atoms with van der Waals surface area (Å²) in [4.78, 5) is 10.9. The fourth-order valence-electron chi connectivity index (χ4n) is 1.71. The van der Waals surface area contributed by atoms with Crippen molar-refractivity contribution in [3.8, 4) is 11.5 Å². The number of hydrogen-bond acceptors (Lipinski definition) is 4. The van der Waals surface area contributed by atoms with Crippen molar-refractivity contribution in [1.29, 1.82) is 0 Å². The van der Waals surface area contributed by atoms with E-state index in [0.29, 0.717) is 18.5 Å². The van der Waals surface area contributed by atoms with Gasteiger partial charge < -0.3 is 9.84 Å². The van der Waals surface area contributed by atoms with Crippen molar-refractivity contribution in [2.24, 2.45) is 0 Å². The maximum absolute atomic E-state index is 12.1. The van der Waals surface area contributed by atoms with Crippen LogP contribution >= 0.6 is 0 Å². The molecule has 0 saturated heterocycles. The van der Waals surface area contributed by atoms with Crippen LogP contribution in [0.3, 0.4) is 0 Å². The molecule has 0 aliphatic heterocycles. The van der Waals surface area contributed by atoms with Crippen LogP contribution in [-0.2, 0) is 12.8 Å². The van der Waals surface area contributed by atoms with Crippen LogP contribution in [0, 0.1) is 0 Å². The van der Waals surface area contributed by atoms with Gasteiger partial charge in [-0.25, -0.2) is 5.10 Å². The summed E-state index contributed by atoms with van der Waals surface area (Å²) in [6, 6.07) is 7.62. The van der Waals surface area contributed by atoms with Gasteiger partial charge in [0.2, 0.25) is 0 Å². The molecule has 1 aromatic heterocycles. The number of H-pyrrole nitrogens is 1. The van der Waals surface area contributed by atoms with Crippen LogP contribution < -0.4 is 10.3 Å². The molecule has 1 aromatic carbocycles. The number of aromatic hydroxyl groups is 1. The summed E-state index contributed by atoms with van der Waals surface area (Å²) < 4.78 is 28.5. The number of rotatable bonds is 5. The fourth-order valence-corrected chi connectivity index (χ4v) is 1.71. The molecule has 2 rings (SSSR count). The molecule has 20 heavy (non-hydrogen) atoms. The predicted molar refractivity (Wildman–Crippen MR) is 67.0 cm³/mol. The van der Waals surface area contributed by atoms with Crippen LogP contribution in [0.15, 0.2) is 35.1 Å². The Balaban J connectivity index is 2.03. The highest BCUT2D eigenvalue weighted by Crippen LogP contribution is 2.17. The van der Waals surface area contributed by atoms with Crippen LogP contribution in [0.4, 0.5) is 8.78 Å². The van der Waals surface area contributed by atoms with E-state index in [4.69, 9.17) is 0 Å². The average Bonchev–Trinajstić information content (AvgIpc) is 2.40. The lowest BCUT2D eigenvalue weighted by Crippen LogP contribution is -2.09. The summed E-state index contributed by atoms with van der Waals surface area (Å²) in [5, 5.41) is 15.2. The zero-order valence-corrected chi connectivity index (χ0v) is 10.3. The zero-order valence-electron chi connectivity index (χ0n) is 10.3. The Morgan fingerprint density at radius 2 is 2.10 bits per heavy atom. The van der Waals surface area contributed by atoms with Crippen molar-refractivity contribution in [3.05, 3.63) is 51.9 Å². The van der Waals surface area contributed by atoms with Gasteiger partial charge in [0.15, 0.2) is 5.75 Å². The van der Waals surface area contributed by atoms with Crippen molar-refractivity contribution in [2.75, 3.05) is 0 Å².